The van der Waals surface area contributed by atoms with Gasteiger partial charge in [-0.25, -0.2) is 8.42 Å². The van der Waals surface area contributed by atoms with E-state index in [1.807, 2.05) is 30.3 Å². The Bertz CT molecular complexity index is 1260. The number of aromatic nitrogens is 1. The molecule has 0 radical (unpaired) electrons. The molecule has 3 aromatic rings. The van der Waals surface area contributed by atoms with E-state index in [2.05, 4.69) is 30.4 Å². The van der Waals surface area contributed by atoms with Crippen molar-refractivity contribution in [2.75, 3.05) is 10.8 Å². The minimum atomic E-state index is -4.09. The Labute approximate surface area is 201 Å². The van der Waals surface area contributed by atoms with Gasteiger partial charge in [-0.3, -0.25) is 9.10 Å². The molecule has 0 saturated heterocycles. The fourth-order valence-corrected chi connectivity index (χ4v) is 6.29. The minimum absolute atomic E-state index is 0.00347. The van der Waals surface area contributed by atoms with Crippen molar-refractivity contribution in [1.82, 2.24) is 10.5 Å². The van der Waals surface area contributed by atoms with Crippen molar-refractivity contribution < 1.29 is 17.7 Å². The number of rotatable bonds is 7. The molecule has 1 atom stereocenters. The van der Waals surface area contributed by atoms with Crippen LogP contribution >= 0.6 is 0 Å². The van der Waals surface area contributed by atoms with Crippen LogP contribution in [0.2, 0.25) is 0 Å². The van der Waals surface area contributed by atoms with Crippen LogP contribution in [-0.2, 0) is 21.2 Å². The molecular weight excluding hydrogens is 450 g/mol. The summed E-state index contributed by atoms with van der Waals surface area (Å²) in [5.74, 6) is 0.143. The second-order valence-corrected chi connectivity index (χ2v) is 10.9. The number of hydrogen-bond acceptors (Lipinski definition) is 5. The topological polar surface area (TPSA) is 92.5 Å². The highest BCUT2D eigenvalue weighted by Gasteiger charge is 2.33. The number of carbonyl (C=O) groups excluding carboxylic acids is 1. The molecular formula is C26H31N3O4S. The molecule has 0 aliphatic heterocycles. The summed E-state index contributed by atoms with van der Waals surface area (Å²) in [5.41, 5.74) is 4.10. The first-order valence-corrected chi connectivity index (χ1v) is 13.0. The lowest BCUT2D eigenvalue weighted by Crippen LogP contribution is -2.42. The Hall–Kier alpha value is -3.13. The molecule has 1 heterocycles. The Kier molecular flexibility index (Phi) is 6.79. The zero-order valence-electron chi connectivity index (χ0n) is 20.0. The van der Waals surface area contributed by atoms with Crippen LogP contribution in [0.15, 0.2) is 57.9 Å². The summed E-state index contributed by atoms with van der Waals surface area (Å²) in [6, 6.07) is 15.2. The van der Waals surface area contributed by atoms with E-state index in [1.54, 1.807) is 26.0 Å². The van der Waals surface area contributed by atoms with Crippen molar-refractivity contribution in [2.24, 2.45) is 0 Å². The van der Waals surface area contributed by atoms with Crippen LogP contribution in [0.1, 0.15) is 66.8 Å². The average Bonchev–Trinajstić information content (AvgIpc) is 3.16. The van der Waals surface area contributed by atoms with Crippen LogP contribution < -0.4 is 9.62 Å². The van der Waals surface area contributed by atoms with Gasteiger partial charge in [-0.15, -0.1) is 0 Å². The normalized spacial score (nSPS) is 15.7. The molecule has 1 aromatic heterocycles. The Morgan fingerprint density at radius 3 is 2.50 bits per heavy atom. The third-order valence-electron chi connectivity index (χ3n) is 6.36. The van der Waals surface area contributed by atoms with Crippen molar-refractivity contribution in [1.29, 1.82) is 0 Å². The number of benzene rings is 2. The molecule has 7 nitrogen and oxygen atoms in total. The van der Waals surface area contributed by atoms with E-state index in [1.165, 1.54) is 5.56 Å². The summed E-state index contributed by atoms with van der Waals surface area (Å²) in [7, 11) is -4.09. The van der Waals surface area contributed by atoms with Gasteiger partial charge in [0.1, 0.15) is 12.2 Å². The van der Waals surface area contributed by atoms with Gasteiger partial charge in [-0.1, -0.05) is 55.4 Å². The SMILES string of the molecule is Cc1noc(C)c1S(=O)(=O)N(CC(=O)N[C@H]1CCCc2ccccc21)c1ccc(C(C)C)cc1. The molecule has 180 valence electrons. The highest BCUT2D eigenvalue weighted by atomic mass is 32.2. The number of sulfonamides is 1. The summed E-state index contributed by atoms with van der Waals surface area (Å²) in [4.78, 5) is 13.2. The van der Waals surface area contributed by atoms with Crippen LogP contribution in [-0.4, -0.2) is 26.0 Å². The molecule has 1 aliphatic rings. The lowest BCUT2D eigenvalue weighted by molar-refractivity contribution is -0.120. The zero-order chi connectivity index (χ0) is 24.5. The van der Waals surface area contributed by atoms with Gasteiger partial charge in [-0.2, -0.15) is 0 Å². The number of amides is 1. The number of anilines is 1. The first kappa shape index (κ1) is 24.0. The summed E-state index contributed by atoms with van der Waals surface area (Å²) in [6.45, 7) is 6.95. The molecule has 0 saturated carbocycles. The fourth-order valence-electron chi connectivity index (χ4n) is 4.57. The molecule has 34 heavy (non-hydrogen) atoms. The number of fused-ring (bicyclic) bond motifs is 1. The van der Waals surface area contributed by atoms with Crippen LogP contribution in [0.5, 0.6) is 0 Å². The maximum Gasteiger partial charge on any atom is 0.270 e. The smallest absolute Gasteiger partial charge is 0.270 e. The van der Waals surface area contributed by atoms with E-state index in [9.17, 15) is 13.2 Å². The van der Waals surface area contributed by atoms with Gasteiger partial charge < -0.3 is 9.84 Å². The number of nitrogens with zero attached hydrogens (tertiary/aromatic N) is 2. The monoisotopic (exact) mass is 481 g/mol. The fraction of sp³-hybridized carbons (Fsp3) is 0.385. The predicted molar refractivity (Wildman–Crippen MR) is 131 cm³/mol. The highest BCUT2D eigenvalue weighted by Crippen LogP contribution is 2.31. The number of hydrogen-bond donors (Lipinski definition) is 1. The van der Waals surface area contributed by atoms with E-state index >= 15 is 0 Å². The summed E-state index contributed by atoms with van der Waals surface area (Å²) < 4.78 is 33.7. The third kappa shape index (κ3) is 4.73. The molecule has 0 spiro atoms. The highest BCUT2D eigenvalue weighted by molar-refractivity contribution is 7.93. The van der Waals surface area contributed by atoms with Gasteiger partial charge in [0.25, 0.3) is 10.0 Å². The summed E-state index contributed by atoms with van der Waals surface area (Å²) in [5, 5.41) is 6.88. The molecule has 0 bridgehead atoms. The summed E-state index contributed by atoms with van der Waals surface area (Å²) in [6.07, 6.45) is 2.78. The minimum Gasteiger partial charge on any atom is -0.360 e. The standard InChI is InChI=1S/C26H31N3O4S/c1-17(2)20-12-14-22(15-13-20)29(34(31,32)26-18(3)28-33-19(26)4)16-25(30)27-24-11-7-9-21-8-5-6-10-23(21)24/h5-6,8,10,12-15,17,24H,7,9,11,16H2,1-4H3,(H,27,30)/t24-/m0/s1. The van der Waals surface area contributed by atoms with Gasteiger partial charge in [-0.05, 0) is 67.9 Å². The van der Waals surface area contributed by atoms with Crippen LogP contribution in [0, 0.1) is 13.8 Å². The summed E-state index contributed by atoms with van der Waals surface area (Å²) >= 11 is 0. The number of nitrogens with one attached hydrogen (secondary N) is 1. The molecule has 4 rings (SSSR count). The van der Waals surface area contributed by atoms with Crippen molar-refractivity contribution in [3.05, 3.63) is 76.7 Å². The largest absolute Gasteiger partial charge is 0.360 e. The molecule has 0 fully saturated rings. The quantitative estimate of drug-likeness (QED) is 0.523. The third-order valence-corrected chi connectivity index (χ3v) is 8.37. The maximum atomic E-state index is 13.7. The maximum absolute atomic E-state index is 13.7. The van der Waals surface area contributed by atoms with Crippen molar-refractivity contribution in [3.63, 3.8) is 0 Å². The zero-order valence-corrected chi connectivity index (χ0v) is 20.9. The van der Waals surface area contributed by atoms with E-state index in [0.717, 1.165) is 34.7 Å². The van der Waals surface area contributed by atoms with E-state index in [-0.39, 0.29) is 34.8 Å². The van der Waals surface area contributed by atoms with Crippen LogP contribution in [0.25, 0.3) is 0 Å². The lowest BCUT2D eigenvalue weighted by Gasteiger charge is -2.28. The molecule has 1 amide bonds. The average molecular weight is 482 g/mol. The number of carbonyl (C=O) groups is 1. The van der Waals surface area contributed by atoms with E-state index in [4.69, 9.17) is 4.52 Å². The Balaban J connectivity index is 1.66. The van der Waals surface area contributed by atoms with E-state index < -0.39 is 10.0 Å². The molecule has 0 unspecified atom stereocenters. The predicted octanol–water partition coefficient (Wildman–Crippen LogP) is 4.80. The first-order chi connectivity index (χ1) is 16.2. The van der Waals surface area contributed by atoms with Crippen molar-refractivity contribution in [3.8, 4) is 0 Å². The molecule has 8 heteroatoms. The van der Waals surface area contributed by atoms with E-state index in [0.29, 0.717) is 11.6 Å². The second-order valence-electron chi connectivity index (χ2n) is 9.12. The van der Waals surface area contributed by atoms with Gasteiger partial charge in [0, 0.05) is 0 Å². The molecule has 2 aromatic carbocycles. The van der Waals surface area contributed by atoms with Gasteiger partial charge in [0.15, 0.2) is 10.7 Å². The van der Waals surface area contributed by atoms with Gasteiger partial charge >= 0.3 is 0 Å². The molecule has 1 aliphatic carbocycles. The molecule has 1 N–H and O–H groups in total. The Morgan fingerprint density at radius 2 is 1.85 bits per heavy atom. The second kappa shape index (κ2) is 9.62. The number of aryl methyl sites for hydroxylation is 3. The van der Waals surface area contributed by atoms with Crippen LogP contribution in [0.4, 0.5) is 5.69 Å². The van der Waals surface area contributed by atoms with Crippen molar-refractivity contribution >= 4 is 21.6 Å². The first-order valence-electron chi connectivity index (χ1n) is 11.6. The Morgan fingerprint density at radius 1 is 1.15 bits per heavy atom. The van der Waals surface area contributed by atoms with Gasteiger partial charge in [0.05, 0.1) is 11.7 Å². The van der Waals surface area contributed by atoms with Crippen LogP contribution in [0.3, 0.4) is 0 Å². The van der Waals surface area contributed by atoms with Crippen molar-refractivity contribution in [2.45, 2.75) is 63.8 Å². The lowest BCUT2D eigenvalue weighted by atomic mass is 9.88. The van der Waals surface area contributed by atoms with Gasteiger partial charge in [0.2, 0.25) is 5.91 Å².